The van der Waals surface area contributed by atoms with Crippen LogP contribution in [0.15, 0.2) is 20.4 Å². The van der Waals surface area contributed by atoms with E-state index in [1.807, 2.05) is 0 Å². The quantitative estimate of drug-likeness (QED) is 0.141. The van der Waals surface area contributed by atoms with Crippen LogP contribution in [0.5, 0.6) is 0 Å². The Morgan fingerprint density at radius 2 is 1.56 bits per heavy atom. The molecule has 0 aromatic carbocycles. The highest BCUT2D eigenvalue weighted by Gasteiger charge is 2.20. The first-order valence-electron chi connectivity index (χ1n) is 4.64. The first-order valence-corrected chi connectivity index (χ1v) is 4.64. The zero-order valence-electron chi connectivity index (χ0n) is 9.38. The monoisotopic (exact) mass is 260 g/mol. The van der Waals surface area contributed by atoms with E-state index in [1.54, 1.807) is 0 Å². The van der Waals surface area contributed by atoms with E-state index in [0.717, 1.165) is 6.21 Å². The fourth-order valence-corrected chi connectivity index (χ4v) is 0.728. The number of rotatable bonds is 6. The Labute approximate surface area is 102 Å². The van der Waals surface area contributed by atoms with Crippen molar-refractivity contribution in [2.75, 3.05) is 6.61 Å². The summed E-state index contributed by atoms with van der Waals surface area (Å²) in [7, 11) is 0. The van der Waals surface area contributed by atoms with E-state index in [1.165, 1.54) is 0 Å². The third-order valence-electron chi connectivity index (χ3n) is 1.50. The smallest absolute Gasteiger partial charge is 0.211 e. The lowest BCUT2D eigenvalue weighted by molar-refractivity contribution is 0.0192. The Hall–Kier alpha value is -2.24. The fourth-order valence-electron chi connectivity index (χ4n) is 0.728. The lowest BCUT2D eigenvalue weighted by Crippen LogP contribution is -2.37. The van der Waals surface area contributed by atoms with Crippen LogP contribution in [-0.2, 0) is 0 Å². The SMILES string of the molecule is NC(N)=N/N=C/C(=N\N=C(N)N)[C@@H](O)[C@@H](O)CO. The van der Waals surface area contributed by atoms with Crippen LogP contribution < -0.4 is 22.9 Å². The van der Waals surface area contributed by atoms with Gasteiger partial charge in [-0.3, -0.25) is 0 Å². The second-order valence-corrected chi connectivity index (χ2v) is 3.01. The molecule has 0 aliphatic heterocycles. The summed E-state index contributed by atoms with van der Waals surface area (Å²) in [6, 6.07) is 0. The summed E-state index contributed by atoms with van der Waals surface area (Å²) in [4.78, 5) is 0. The molecule has 0 aliphatic rings. The molecule has 2 atom stereocenters. The average molecular weight is 260 g/mol. The van der Waals surface area contributed by atoms with Crippen LogP contribution in [0.25, 0.3) is 0 Å². The number of aliphatic hydroxyl groups is 3. The molecular weight excluding hydrogens is 244 g/mol. The molecule has 0 heterocycles. The predicted octanol–water partition coefficient (Wildman–Crippen LogP) is -4.41. The fraction of sp³-hybridized carbons (Fsp3) is 0.429. The molecule has 0 saturated carbocycles. The van der Waals surface area contributed by atoms with Gasteiger partial charge in [0.15, 0.2) is 0 Å². The van der Waals surface area contributed by atoms with E-state index in [4.69, 9.17) is 28.0 Å². The van der Waals surface area contributed by atoms with Crippen molar-refractivity contribution in [2.24, 2.45) is 43.3 Å². The summed E-state index contributed by atoms with van der Waals surface area (Å²) < 4.78 is 0. The Morgan fingerprint density at radius 3 is 2.00 bits per heavy atom. The third-order valence-corrected chi connectivity index (χ3v) is 1.50. The molecule has 0 aromatic heterocycles. The first-order chi connectivity index (χ1) is 8.38. The van der Waals surface area contributed by atoms with E-state index in [9.17, 15) is 10.2 Å². The summed E-state index contributed by atoms with van der Waals surface area (Å²) in [5.74, 6) is -0.682. The summed E-state index contributed by atoms with van der Waals surface area (Å²) >= 11 is 0. The lowest BCUT2D eigenvalue weighted by atomic mass is 10.1. The maximum absolute atomic E-state index is 9.56. The number of hydrogen-bond acceptors (Lipinski definition) is 7. The van der Waals surface area contributed by atoms with Gasteiger partial charge in [-0.1, -0.05) is 0 Å². The van der Waals surface area contributed by atoms with Gasteiger partial charge in [0.25, 0.3) is 0 Å². The zero-order valence-corrected chi connectivity index (χ0v) is 9.38. The van der Waals surface area contributed by atoms with E-state index in [2.05, 4.69) is 20.4 Å². The van der Waals surface area contributed by atoms with Crippen LogP contribution in [0.3, 0.4) is 0 Å². The maximum atomic E-state index is 9.56. The molecule has 0 bridgehead atoms. The third kappa shape index (κ3) is 6.37. The standard InChI is InChI=1S/C7H16N8O3/c8-6(9)14-12-1-3(13-15-7(10)11)5(18)4(17)2-16/h1,4-5,16-18H,2H2,(H4,8,9,14)(H4,10,11,15)/b12-1+,13-3+/t4-,5+/m0/s1. The number of aliphatic hydroxyl groups excluding tert-OH is 3. The molecule has 0 fully saturated rings. The van der Waals surface area contributed by atoms with Crippen LogP contribution >= 0.6 is 0 Å². The van der Waals surface area contributed by atoms with Gasteiger partial charge in [0.1, 0.15) is 17.9 Å². The molecule has 0 rings (SSSR count). The van der Waals surface area contributed by atoms with Crippen molar-refractivity contribution in [3.8, 4) is 0 Å². The molecule has 0 saturated heterocycles. The minimum absolute atomic E-state index is 0.241. The summed E-state index contributed by atoms with van der Waals surface area (Å²) in [5.41, 5.74) is 19.9. The maximum Gasteiger partial charge on any atom is 0.211 e. The lowest BCUT2D eigenvalue weighted by Gasteiger charge is -2.13. The average Bonchev–Trinajstić information content (AvgIpc) is 2.30. The summed E-state index contributed by atoms with van der Waals surface area (Å²) in [6.07, 6.45) is -2.12. The molecule has 11 N–H and O–H groups in total. The second kappa shape index (κ2) is 7.94. The Bertz CT molecular complexity index is 369. The van der Waals surface area contributed by atoms with Gasteiger partial charge in [0, 0.05) is 0 Å². The second-order valence-electron chi connectivity index (χ2n) is 3.01. The Kier molecular flexibility index (Phi) is 6.95. The van der Waals surface area contributed by atoms with Crippen LogP contribution in [0, 0.1) is 0 Å². The van der Waals surface area contributed by atoms with Gasteiger partial charge in [-0.05, 0) is 0 Å². The number of nitrogens with zero attached hydrogens (tertiary/aromatic N) is 4. The van der Waals surface area contributed by atoms with Crippen LogP contribution in [0.2, 0.25) is 0 Å². The molecule has 0 radical (unpaired) electrons. The van der Waals surface area contributed by atoms with Crippen LogP contribution in [0.1, 0.15) is 0 Å². The van der Waals surface area contributed by atoms with Gasteiger partial charge in [-0.2, -0.15) is 5.10 Å². The van der Waals surface area contributed by atoms with E-state index >= 15 is 0 Å². The summed E-state index contributed by atoms with van der Waals surface area (Å²) in [6.45, 7) is -0.696. The summed E-state index contributed by atoms with van der Waals surface area (Å²) in [5, 5.41) is 40.8. The highest BCUT2D eigenvalue weighted by atomic mass is 16.4. The highest BCUT2D eigenvalue weighted by Crippen LogP contribution is 1.96. The normalized spacial score (nSPS) is 15.2. The van der Waals surface area contributed by atoms with Gasteiger partial charge >= 0.3 is 0 Å². The van der Waals surface area contributed by atoms with E-state index in [-0.39, 0.29) is 17.6 Å². The van der Waals surface area contributed by atoms with Gasteiger partial charge in [-0.15, -0.1) is 15.3 Å². The Morgan fingerprint density at radius 1 is 1.00 bits per heavy atom. The van der Waals surface area contributed by atoms with Gasteiger partial charge in [0.05, 0.1) is 12.8 Å². The molecular formula is C7H16N8O3. The van der Waals surface area contributed by atoms with Crippen molar-refractivity contribution >= 4 is 23.8 Å². The molecule has 18 heavy (non-hydrogen) atoms. The molecule has 0 aliphatic carbocycles. The van der Waals surface area contributed by atoms with Crippen molar-refractivity contribution in [1.29, 1.82) is 0 Å². The minimum atomic E-state index is -1.56. The highest BCUT2D eigenvalue weighted by molar-refractivity contribution is 6.32. The molecule has 0 aromatic rings. The van der Waals surface area contributed by atoms with E-state index < -0.39 is 18.8 Å². The number of hydrogen-bond donors (Lipinski definition) is 7. The topological polar surface area (TPSA) is 214 Å². The largest absolute Gasteiger partial charge is 0.394 e. The van der Waals surface area contributed by atoms with E-state index in [0.29, 0.717) is 0 Å². The van der Waals surface area contributed by atoms with Gasteiger partial charge < -0.3 is 38.3 Å². The predicted molar refractivity (Wildman–Crippen MR) is 66.6 cm³/mol. The van der Waals surface area contributed by atoms with Crippen molar-refractivity contribution in [2.45, 2.75) is 12.2 Å². The molecule has 0 amide bonds. The van der Waals surface area contributed by atoms with Crippen LogP contribution in [0.4, 0.5) is 0 Å². The zero-order chi connectivity index (χ0) is 14.1. The molecule has 11 nitrogen and oxygen atoms in total. The molecule has 0 unspecified atom stereocenters. The van der Waals surface area contributed by atoms with Gasteiger partial charge in [-0.25, -0.2) is 0 Å². The van der Waals surface area contributed by atoms with Crippen LogP contribution in [-0.4, -0.2) is 58.0 Å². The van der Waals surface area contributed by atoms with Crippen molar-refractivity contribution in [3.63, 3.8) is 0 Å². The van der Waals surface area contributed by atoms with Crippen molar-refractivity contribution < 1.29 is 15.3 Å². The van der Waals surface area contributed by atoms with Gasteiger partial charge in [0.2, 0.25) is 11.9 Å². The number of guanidine groups is 2. The molecule has 11 heteroatoms. The first kappa shape index (κ1) is 15.8. The molecule has 102 valence electrons. The minimum Gasteiger partial charge on any atom is -0.394 e. The van der Waals surface area contributed by atoms with Crippen molar-refractivity contribution in [3.05, 3.63) is 0 Å². The number of nitrogens with two attached hydrogens (primary N) is 4. The Balaban J connectivity index is 5.06. The molecule has 0 spiro atoms. The van der Waals surface area contributed by atoms with Crippen molar-refractivity contribution in [1.82, 2.24) is 0 Å².